The lowest BCUT2D eigenvalue weighted by Crippen LogP contribution is -2.39. The number of nitriles is 1. The highest BCUT2D eigenvalue weighted by molar-refractivity contribution is 5.94. The number of rotatable bonds is 2. The van der Waals surface area contributed by atoms with E-state index < -0.39 is 0 Å². The maximum absolute atomic E-state index is 13.3. The molecule has 4 heterocycles. The van der Waals surface area contributed by atoms with Gasteiger partial charge in [0.25, 0.3) is 5.91 Å². The van der Waals surface area contributed by atoms with Crippen molar-refractivity contribution in [3.8, 4) is 6.07 Å². The Bertz CT molecular complexity index is 920. The van der Waals surface area contributed by atoms with Gasteiger partial charge in [-0.1, -0.05) is 0 Å². The van der Waals surface area contributed by atoms with Crippen molar-refractivity contribution in [2.24, 2.45) is 7.05 Å². The van der Waals surface area contributed by atoms with Crippen LogP contribution >= 0.6 is 0 Å². The summed E-state index contributed by atoms with van der Waals surface area (Å²) in [6, 6.07) is 5.84. The minimum atomic E-state index is -0.0836. The second kappa shape index (κ2) is 7.36. The molecule has 0 bridgehead atoms. The number of fused-ring (bicyclic) bond motifs is 1. The van der Waals surface area contributed by atoms with Crippen LogP contribution in [0.5, 0.6) is 0 Å². The van der Waals surface area contributed by atoms with Gasteiger partial charge in [-0.05, 0) is 38.8 Å². The number of likely N-dealkylation sites (tertiary alicyclic amines) is 1. The molecular formula is C21H25N5O2. The van der Waals surface area contributed by atoms with Crippen LogP contribution in [0.4, 0.5) is 0 Å². The van der Waals surface area contributed by atoms with Gasteiger partial charge in [0.05, 0.1) is 23.5 Å². The van der Waals surface area contributed by atoms with Gasteiger partial charge >= 0.3 is 0 Å². The van der Waals surface area contributed by atoms with Crippen LogP contribution in [0.25, 0.3) is 0 Å². The summed E-state index contributed by atoms with van der Waals surface area (Å²) < 4.78 is 7.58. The Kier molecular flexibility index (Phi) is 4.90. The number of hydrogen-bond acceptors (Lipinski definition) is 5. The quantitative estimate of drug-likeness (QED) is 0.801. The summed E-state index contributed by atoms with van der Waals surface area (Å²) in [5.74, 6) is 0.384. The number of amides is 1. The lowest BCUT2D eigenvalue weighted by atomic mass is 9.92. The molecule has 0 spiro atoms. The van der Waals surface area contributed by atoms with Crippen LogP contribution in [-0.2, 0) is 18.2 Å². The molecule has 0 unspecified atom stereocenters. The Balaban J connectivity index is 1.48. The van der Waals surface area contributed by atoms with Gasteiger partial charge in [0.15, 0.2) is 0 Å². The van der Waals surface area contributed by atoms with Crippen molar-refractivity contribution in [3.05, 3.63) is 46.5 Å². The van der Waals surface area contributed by atoms with E-state index in [2.05, 4.69) is 16.2 Å². The topological polar surface area (TPSA) is 84.0 Å². The highest BCUT2D eigenvalue weighted by Gasteiger charge is 2.34. The van der Waals surface area contributed by atoms with Gasteiger partial charge in [-0.25, -0.2) is 0 Å². The number of carbonyl (C=O) groups excluding carboxylic acids is 1. The fourth-order valence-corrected chi connectivity index (χ4v) is 4.37. The van der Waals surface area contributed by atoms with E-state index in [1.165, 1.54) is 0 Å². The minimum absolute atomic E-state index is 0.0591. The molecule has 1 fully saturated rings. The van der Waals surface area contributed by atoms with Crippen LogP contribution in [0.3, 0.4) is 0 Å². The van der Waals surface area contributed by atoms with Crippen LogP contribution in [0, 0.1) is 11.3 Å². The Morgan fingerprint density at radius 2 is 2.04 bits per heavy atom. The Morgan fingerprint density at radius 1 is 1.29 bits per heavy atom. The summed E-state index contributed by atoms with van der Waals surface area (Å²) in [7, 11) is 1.84. The number of hydrogen-bond donors (Lipinski definition) is 0. The molecule has 0 aliphatic carbocycles. The molecule has 1 amide bonds. The van der Waals surface area contributed by atoms with Crippen LogP contribution in [0.15, 0.2) is 18.3 Å². The first-order valence-electron chi connectivity index (χ1n) is 9.84. The predicted octanol–water partition coefficient (Wildman–Crippen LogP) is 2.73. The Labute approximate surface area is 164 Å². The SMILES string of the molecule is C[C@@H]1Cc2c(nn(C)c2C(=O)N2CCC(c3ccc(C#N)cn3)CC2)[C@H](C)O1. The molecule has 1 saturated heterocycles. The van der Waals surface area contributed by atoms with Crippen molar-refractivity contribution < 1.29 is 9.53 Å². The monoisotopic (exact) mass is 379 g/mol. The number of carbonyl (C=O) groups is 1. The highest BCUT2D eigenvalue weighted by atomic mass is 16.5. The van der Waals surface area contributed by atoms with E-state index in [1.807, 2.05) is 37.9 Å². The Hall–Kier alpha value is -2.72. The summed E-state index contributed by atoms with van der Waals surface area (Å²) in [5, 5.41) is 13.5. The van der Waals surface area contributed by atoms with E-state index in [0.29, 0.717) is 30.3 Å². The molecule has 2 aromatic rings. The molecule has 2 aliphatic rings. The fourth-order valence-electron chi connectivity index (χ4n) is 4.37. The lowest BCUT2D eigenvalue weighted by Gasteiger charge is -2.32. The fraction of sp³-hybridized carbons (Fsp3) is 0.524. The van der Waals surface area contributed by atoms with Gasteiger partial charge in [0, 0.05) is 49.9 Å². The van der Waals surface area contributed by atoms with E-state index >= 15 is 0 Å². The molecule has 0 aromatic carbocycles. The van der Waals surface area contributed by atoms with Gasteiger partial charge in [0.1, 0.15) is 11.8 Å². The number of piperidine rings is 1. The van der Waals surface area contributed by atoms with Gasteiger partial charge < -0.3 is 9.64 Å². The highest BCUT2D eigenvalue weighted by Crippen LogP contribution is 2.33. The summed E-state index contributed by atoms with van der Waals surface area (Å²) in [4.78, 5) is 19.6. The lowest BCUT2D eigenvalue weighted by molar-refractivity contribution is -0.00714. The zero-order valence-corrected chi connectivity index (χ0v) is 16.6. The van der Waals surface area contributed by atoms with E-state index in [9.17, 15) is 4.79 Å². The average Bonchev–Trinajstić information content (AvgIpc) is 3.04. The summed E-state index contributed by atoms with van der Waals surface area (Å²) >= 11 is 0. The molecule has 146 valence electrons. The number of aryl methyl sites for hydroxylation is 1. The van der Waals surface area contributed by atoms with E-state index in [4.69, 9.17) is 10.00 Å². The van der Waals surface area contributed by atoms with Gasteiger partial charge in [-0.15, -0.1) is 0 Å². The van der Waals surface area contributed by atoms with Gasteiger partial charge in [-0.2, -0.15) is 10.4 Å². The zero-order valence-electron chi connectivity index (χ0n) is 16.6. The maximum atomic E-state index is 13.3. The number of pyridine rings is 1. The number of ether oxygens (including phenoxy) is 1. The second-order valence-corrected chi connectivity index (χ2v) is 7.78. The van der Waals surface area contributed by atoms with Crippen molar-refractivity contribution in [2.45, 2.75) is 51.2 Å². The molecule has 4 rings (SSSR count). The number of aromatic nitrogens is 3. The Morgan fingerprint density at radius 3 is 2.68 bits per heavy atom. The van der Waals surface area contributed by atoms with Crippen LogP contribution in [0.1, 0.15) is 71.7 Å². The first kappa shape index (κ1) is 18.6. The molecule has 0 radical (unpaired) electrons. The molecule has 0 N–H and O–H groups in total. The smallest absolute Gasteiger partial charge is 0.272 e. The first-order valence-corrected chi connectivity index (χ1v) is 9.84. The van der Waals surface area contributed by atoms with Gasteiger partial charge in [-0.3, -0.25) is 14.5 Å². The second-order valence-electron chi connectivity index (χ2n) is 7.78. The molecule has 0 saturated carbocycles. The van der Waals surface area contributed by atoms with Crippen molar-refractivity contribution in [1.82, 2.24) is 19.7 Å². The van der Waals surface area contributed by atoms with E-state index in [1.54, 1.807) is 10.9 Å². The summed E-state index contributed by atoms with van der Waals surface area (Å²) in [6.07, 6.45) is 4.10. The molecule has 7 nitrogen and oxygen atoms in total. The number of nitrogens with zero attached hydrogens (tertiary/aromatic N) is 5. The molecule has 2 aromatic heterocycles. The van der Waals surface area contributed by atoms with Crippen molar-refractivity contribution in [3.63, 3.8) is 0 Å². The predicted molar refractivity (Wildman–Crippen MR) is 103 cm³/mol. The molecule has 2 aliphatic heterocycles. The third-order valence-corrected chi connectivity index (χ3v) is 5.81. The van der Waals surface area contributed by atoms with Crippen LogP contribution < -0.4 is 0 Å². The maximum Gasteiger partial charge on any atom is 0.272 e. The van der Waals surface area contributed by atoms with E-state index in [0.717, 1.165) is 36.2 Å². The normalized spacial score (nSPS) is 22.6. The third-order valence-electron chi connectivity index (χ3n) is 5.81. The average molecular weight is 379 g/mol. The molecule has 28 heavy (non-hydrogen) atoms. The van der Waals surface area contributed by atoms with Crippen LogP contribution in [-0.4, -0.2) is 44.8 Å². The minimum Gasteiger partial charge on any atom is -0.369 e. The van der Waals surface area contributed by atoms with Crippen molar-refractivity contribution in [2.75, 3.05) is 13.1 Å². The third kappa shape index (κ3) is 3.29. The van der Waals surface area contributed by atoms with E-state index in [-0.39, 0.29) is 18.1 Å². The zero-order chi connectivity index (χ0) is 19.8. The standard InChI is InChI=1S/C21H25N5O2/c1-13-10-17-19(14(2)28-13)24-25(3)20(17)21(27)26-8-6-16(7-9-26)18-5-4-15(11-22)12-23-18/h4-5,12-14,16H,6-10H2,1-3H3/t13-,14+/m1/s1. The van der Waals surface area contributed by atoms with Crippen LogP contribution in [0.2, 0.25) is 0 Å². The first-order chi connectivity index (χ1) is 13.5. The molecule has 7 heteroatoms. The van der Waals surface area contributed by atoms with Gasteiger partial charge in [0.2, 0.25) is 0 Å². The van der Waals surface area contributed by atoms with Crippen molar-refractivity contribution >= 4 is 5.91 Å². The largest absolute Gasteiger partial charge is 0.369 e. The summed E-state index contributed by atoms with van der Waals surface area (Å²) in [5.41, 5.74) is 4.20. The summed E-state index contributed by atoms with van der Waals surface area (Å²) in [6.45, 7) is 5.43. The van der Waals surface area contributed by atoms with Crippen molar-refractivity contribution in [1.29, 1.82) is 5.26 Å². The molecular weight excluding hydrogens is 354 g/mol. The molecule has 2 atom stereocenters.